The number of carbonyl (C=O) groups is 1. The molecular weight excluding hydrogens is 379 g/mol. The number of rotatable bonds is 3. The number of carbonyl (C=O) groups excluding carboxylic acids is 1. The zero-order valence-corrected chi connectivity index (χ0v) is 16.1. The molecule has 3 aromatic carbocycles. The molecule has 0 aliphatic rings. The van der Waals surface area contributed by atoms with E-state index in [9.17, 15) is 14.3 Å². The molecule has 4 nitrogen and oxygen atoms in total. The predicted molar refractivity (Wildman–Crippen MR) is 113 cm³/mol. The Labute approximate surface area is 171 Å². The highest BCUT2D eigenvalue weighted by atomic mass is 19.1. The van der Waals surface area contributed by atoms with Gasteiger partial charge in [-0.1, -0.05) is 48.5 Å². The number of nitrogens with one attached hydrogen (secondary N) is 1. The van der Waals surface area contributed by atoms with Gasteiger partial charge in [-0.2, -0.15) is 0 Å². The van der Waals surface area contributed by atoms with Gasteiger partial charge in [-0.15, -0.1) is 0 Å². The number of aromatic nitrogens is 2. The van der Waals surface area contributed by atoms with Crippen LogP contribution in [0.1, 0.15) is 15.9 Å². The first kappa shape index (κ1) is 18.1. The average Bonchev–Trinajstić information content (AvgIpc) is 3.17. The molecule has 2 aromatic heterocycles. The molecule has 0 atom stereocenters. The van der Waals surface area contributed by atoms with Crippen LogP contribution in [0.25, 0.3) is 44.2 Å². The minimum Gasteiger partial charge on any atom is -0.545 e. The van der Waals surface area contributed by atoms with Crippen LogP contribution in [0.3, 0.4) is 0 Å². The molecule has 0 unspecified atom stereocenters. The van der Waals surface area contributed by atoms with Gasteiger partial charge in [0.2, 0.25) is 0 Å². The maximum Gasteiger partial charge on any atom is 0.123 e. The van der Waals surface area contributed by atoms with Crippen molar-refractivity contribution in [3.8, 4) is 22.4 Å². The molecule has 0 aliphatic carbocycles. The highest BCUT2D eigenvalue weighted by Gasteiger charge is 2.18. The van der Waals surface area contributed by atoms with Crippen molar-refractivity contribution in [2.45, 2.75) is 6.92 Å². The zero-order valence-electron chi connectivity index (χ0n) is 16.1. The van der Waals surface area contributed by atoms with Crippen molar-refractivity contribution in [3.05, 3.63) is 89.9 Å². The summed E-state index contributed by atoms with van der Waals surface area (Å²) in [5.74, 6) is -1.87. The molecule has 146 valence electrons. The smallest absolute Gasteiger partial charge is 0.123 e. The molecule has 1 N–H and O–H groups in total. The molecular formula is C25H16FN2O2-. The lowest BCUT2D eigenvalue weighted by atomic mass is 9.96. The second kappa shape index (κ2) is 6.81. The van der Waals surface area contributed by atoms with Gasteiger partial charge in [0.15, 0.2) is 0 Å². The van der Waals surface area contributed by atoms with Gasteiger partial charge in [-0.25, -0.2) is 9.37 Å². The number of nitrogens with zero attached hydrogens (tertiary/aromatic N) is 1. The highest BCUT2D eigenvalue weighted by molar-refractivity contribution is 6.08. The normalized spacial score (nSPS) is 11.3. The fourth-order valence-electron chi connectivity index (χ4n) is 4.06. The highest BCUT2D eigenvalue weighted by Crippen LogP contribution is 2.37. The maximum absolute atomic E-state index is 13.8. The van der Waals surface area contributed by atoms with Gasteiger partial charge >= 0.3 is 0 Å². The lowest BCUT2D eigenvalue weighted by molar-refractivity contribution is -0.254. The van der Waals surface area contributed by atoms with Crippen molar-refractivity contribution >= 4 is 27.8 Å². The number of aromatic carboxylic acids is 1. The van der Waals surface area contributed by atoms with Crippen molar-refractivity contribution in [2.24, 2.45) is 0 Å². The van der Waals surface area contributed by atoms with Crippen molar-refractivity contribution < 1.29 is 14.3 Å². The van der Waals surface area contributed by atoms with E-state index in [1.807, 2.05) is 54.7 Å². The van der Waals surface area contributed by atoms with Gasteiger partial charge < -0.3 is 14.9 Å². The molecule has 0 bridgehead atoms. The van der Waals surface area contributed by atoms with E-state index in [-0.39, 0.29) is 10.9 Å². The van der Waals surface area contributed by atoms with E-state index in [4.69, 9.17) is 0 Å². The fourth-order valence-corrected chi connectivity index (χ4v) is 4.06. The molecule has 0 spiro atoms. The van der Waals surface area contributed by atoms with Crippen LogP contribution in [-0.4, -0.2) is 15.9 Å². The third kappa shape index (κ3) is 2.75. The van der Waals surface area contributed by atoms with E-state index in [1.165, 1.54) is 18.2 Å². The number of hydrogen-bond acceptors (Lipinski definition) is 3. The summed E-state index contributed by atoms with van der Waals surface area (Å²) in [4.78, 5) is 19.9. The van der Waals surface area contributed by atoms with Gasteiger partial charge in [0.1, 0.15) is 5.82 Å². The summed E-state index contributed by atoms with van der Waals surface area (Å²) >= 11 is 0. The monoisotopic (exact) mass is 395 g/mol. The Hall–Kier alpha value is -3.99. The summed E-state index contributed by atoms with van der Waals surface area (Å²) in [5.41, 5.74) is 5.19. The Balaban J connectivity index is 1.80. The van der Waals surface area contributed by atoms with Crippen LogP contribution in [0.4, 0.5) is 4.39 Å². The summed E-state index contributed by atoms with van der Waals surface area (Å²) in [7, 11) is 0. The van der Waals surface area contributed by atoms with Gasteiger partial charge in [0.25, 0.3) is 0 Å². The lowest BCUT2D eigenvalue weighted by Gasteiger charge is -2.15. The molecule has 2 heterocycles. The molecule has 0 fully saturated rings. The number of benzene rings is 3. The van der Waals surface area contributed by atoms with Crippen LogP contribution in [0.15, 0.2) is 72.9 Å². The van der Waals surface area contributed by atoms with Crippen molar-refractivity contribution in [1.82, 2.24) is 9.97 Å². The Morgan fingerprint density at radius 1 is 0.967 bits per heavy atom. The number of carboxylic acid groups (broad SMARTS) is 1. The fraction of sp³-hybridized carbons (Fsp3) is 0.0400. The van der Waals surface area contributed by atoms with Crippen molar-refractivity contribution in [3.63, 3.8) is 0 Å². The molecule has 5 aromatic rings. The molecule has 30 heavy (non-hydrogen) atoms. The molecule has 5 rings (SSSR count). The number of pyridine rings is 1. The first-order valence-electron chi connectivity index (χ1n) is 9.51. The molecule has 5 heteroatoms. The van der Waals surface area contributed by atoms with E-state index < -0.39 is 11.8 Å². The number of fused-ring (bicyclic) bond motifs is 2. The Morgan fingerprint density at radius 2 is 1.77 bits per heavy atom. The number of hydrogen-bond donors (Lipinski definition) is 1. The SMILES string of the molecule is Cc1c(-c2c[nH]c3c(-c4ccccc4)cccc23)nc2ccc(F)cc2c1C(=O)[O-]. The minimum atomic E-state index is -1.35. The molecule has 0 aliphatic heterocycles. The lowest BCUT2D eigenvalue weighted by Crippen LogP contribution is -2.24. The van der Waals surface area contributed by atoms with E-state index in [2.05, 4.69) is 9.97 Å². The molecule has 0 amide bonds. The Bertz CT molecular complexity index is 1440. The maximum atomic E-state index is 13.8. The average molecular weight is 395 g/mol. The molecule has 0 saturated heterocycles. The third-order valence-corrected chi connectivity index (χ3v) is 5.45. The zero-order chi connectivity index (χ0) is 20.8. The number of carboxylic acids is 1. The third-order valence-electron chi connectivity index (χ3n) is 5.45. The van der Waals surface area contributed by atoms with Crippen LogP contribution < -0.4 is 5.11 Å². The topological polar surface area (TPSA) is 68.8 Å². The van der Waals surface area contributed by atoms with Crippen LogP contribution in [-0.2, 0) is 0 Å². The second-order valence-corrected chi connectivity index (χ2v) is 7.21. The standard InChI is InChI=1S/C25H17FN2O2/c1-14-22(25(29)30)19-12-16(26)10-11-21(19)28-23(14)20-13-27-24-17(8-5-9-18(20)24)15-6-3-2-4-7-15/h2-13,27H,1H3,(H,29,30)/p-1. The summed E-state index contributed by atoms with van der Waals surface area (Å²) in [6, 6.07) is 19.9. The Kier molecular flexibility index (Phi) is 4.10. The van der Waals surface area contributed by atoms with E-state index in [0.717, 1.165) is 27.6 Å². The van der Waals surface area contributed by atoms with Gasteiger partial charge in [0.05, 0.1) is 22.7 Å². The number of H-pyrrole nitrogens is 1. The van der Waals surface area contributed by atoms with Gasteiger partial charge in [-0.05, 0) is 36.2 Å². The molecule has 0 saturated carbocycles. The van der Waals surface area contributed by atoms with Gasteiger partial charge in [-0.3, -0.25) is 0 Å². The van der Waals surface area contributed by atoms with Gasteiger partial charge in [0, 0.05) is 33.7 Å². The summed E-state index contributed by atoms with van der Waals surface area (Å²) in [6.45, 7) is 1.68. The number of aromatic amines is 1. The second-order valence-electron chi connectivity index (χ2n) is 7.21. The predicted octanol–water partition coefficient (Wildman–Crippen LogP) is 4.86. The summed E-state index contributed by atoms with van der Waals surface area (Å²) in [5, 5.41) is 13.1. The van der Waals surface area contributed by atoms with Crippen LogP contribution in [0.5, 0.6) is 0 Å². The number of para-hydroxylation sites is 1. The first-order valence-corrected chi connectivity index (χ1v) is 9.51. The quantitative estimate of drug-likeness (QED) is 0.474. The van der Waals surface area contributed by atoms with Crippen LogP contribution in [0.2, 0.25) is 0 Å². The van der Waals surface area contributed by atoms with E-state index >= 15 is 0 Å². The number of halogens is 1. The van der Waals surface area contributed by atoms with Crippen LogP contribution >= 0.6 is 0 Å². The van der Waals surface area contributed by atoms with E-state index in [1.54, 1.807) is 6.92 Å². The Morgan fingerprint density at radius 3 is 2.53 bits per heavy atom. The minimum absolute atomic E-state index is 0.0388. The van der Waals surface area contributed by atoms with E-state index in [0.29, 0.717) is 16.8 Å². The molecule has 0 radical (unpaired) electrons. The van der Waals surface area contributed by atoms with Crippen LogP contribution in [0, 0.1) is 12.7 Å². The largest absolute Gasteiger partial charge is 0.545 e. The first-order chi connectivity index (χ1) is 14.5. The summed E-state index contributed by atoms with van der Waals surface area (Å²) < 4.78 is 13.8. The van der Waals surface area contributed by atoms with Crippen molar-refractivity contribution in [2.75, 3.05) is 0 Å². The summed E-state index contributed by atoms with van der Waals surface area (Å²) in [6.07, 6.45) is 1.83. The van der Waals surface area contributed by atoms with Crippen molar-refractivity contribution in [1.29, 1.82) is 0 Å².